The molecule has 0 saturated carbocycles. The van der Waals surface area contributed by atoms with Crippen LogP contribution in [0.3, 0.4) is 0 Å². The van der Waals surface area contributed by atoms with Gasteiger partial charge in [0.2, 0.25) is 0 Å². The van der Waals surface area contributed by atoms with E-state index in [-0.39, 0.29) is 0 Å². The minimum Gasteiger partial charge on any atom is -0.402 e. The van der Waals surface area contributed by atoms with Crippen molar-refractivity contribution in [2.75, 3.05) is 0 Å². The maximum atomic E-state index is 11.3. The lowest BCUT2D eigenvalue weighted by Crippen LogP contribution is -2.03. The van der Waals surface area contributed by atoms with Crippen molar-refractivity contribution in [3.63, 3.8) is 0 Å². The fourth-order valence-corrected chi connectivity index (χ4v) is 2.22. The van der Waals surface area contributed by atoms with Gasteiger partial charge in [0.05, 0.1) is 0 Å². The van der Waals surface area contributed by atoms with E-state index in [2.05, 4.69) is 7.94 Å². The smallest absolute Gasteiger partial charge is 0.402 e. The molecule has 0 amide bonds. The molecule has 0 aromatic heterocycles. The van der Waals surface area contributed by atoms with Gasteiger partial charge in [0.15, 0.2) is 12.3 Å². The minimum atomic E-state index is -3.28. The van der Waals surface area contributed by atoms with Crippen LogP contribution in [-0.2, 0) is 12.5 Å². The molecule has 4 nitrogen and oxygen atoms in total. The Morgan fingerprint density at radius 2 is 2.08 bits per heavy atom. The highest BCUT2D eigenvalue weighted by Crippen LogP contribution is 2.64. The summed E-state index contributed by atoms with van der Waals surface area (Å²) in [5.74, 6) is 0.520. The quantitative estimate of drug-likeness (QED) is 0.563. The molecule has 0 spiro atoms. The van der Waals surface area contributed by atoms with Crippen LogP contribution in [0.4, 0.5) is 0 Å². The molecule has 1 aliphatic heterocycles. The predicted molar refractivity (Wildman–Crippen MR) is 49.2 cm³/mol. The van der Waals surface area contributed by atoms with E-state index in [1.165, 1.54) is 0 Å². The molecule has 6 heteroatoms. The summed E-state index contributed by atoms with van der Waals surface area (Å²) in [6, 6.07) is 7.23. The summed E-state index contributed by atoms with van der Waals surface area (Å²) in [7, 11) is -3.28. The van der Waals surface area contributed by atoms with Crippen LogP contribution in [0.25, 0.3) is 0 Å². The van der Waals surface area contributed by atoms with Crippen LogP contribution in [0.1, 0.15) is 5.56 Å². The summed E-state index contributed by atoms with van der Waals surface area (Å²) < 4.78 is 25.6. The second-order valence-corrected chi connectivity index (χ2v) is 4.93. The molecule has 0 N–H and O–H groups in total. The van der Waals surface area contributed by atoms with E-state index in [1.54, 1.807) is 12.1 Å². The molecule has 1 fully saturated rings. The Bertz CT molecular complexity index is 359. The number of hydrogen-bond donors (Lipinski definition) is 0. The van der Waals surface area contributed by atoms with Crippen LogP contribution in [0.5, 0.6) is 5.75 Å². The monoisotopic (exact) mass is 218 g/mol. The molecule has 0 atom stereocenters. The zero-order valence-corrected chi connectivity index (χ0v) is 8.51. The number of rotatable bonds is 2. The first-order valence-corrected chi connectivity index (χ1v) is 5.72. The third-order valence-electron chi connectivity index (χ3n) is 1.55. The molecule has 1 heterocycles. The molecule has 1 saturated heterocycles. The van der Waals surface area contributed by atoms with Crippen LogP contribution in [0.15, 0.2) is 24.3 Å². The van der Waals surface area contributed by atoms with Crippen molar-refractivity contribution >= 4 is 20.1 Å². The summed E-state index contributed by atoms with van der Waals surface area (Å²) in [6.07, 6.45) is 0. The Kier molecular flexibility index (Phi) is 2.34. The van der Waals surface area contributed by atoms with Gasteiger partial charge in [-0.25, -0.2) is 4.57 Å². The van der Waals surface area contributed by atoms with Gasteiger partial charge in [0.25, 0.3) is 0 Å². The predicted octanol–water partition coefficient (Wildman–Crippen LogP) is 3.09. The molecular weight excluding hydrogens is 211 g/mol. The highest BCUT2D eigenvalue weighted by molar-refractivity contribution is 8.02. The van der Waals surface area contributed by atoms with Crippen LogP contribution in [-0.4, -0.2) is 0 Å². The lowest BCUT2D eigenvalue weighted by molar-refractivity contribution is 0.276. The van der Waals surface area contributed by atoms with E-state index in [1.807, 2.05) is 19.1 Å². The number of aryl methyl sites for hydroxylation is 1. The van der Waals surface area contributed by atoms with Gasteiger partial charge in [-0.2, -0.15) is 7.94 Å². The lowest BCUT2D eigenvalue weighted by Gasteiger charge is -2.22. The van der Waals surface area contributed by atoms with Crippen molar-refractivity contribution in [1.82, 2.24) is 0 Å². The summed E-state index contributed by atoms with van der Waals surface area (Å²) in [4.78, 5) is 0. The molecule has 70 valence electrons. The SMILES string of the molecule is Cc1ccccc1OP1(=O)OSO1. The molecule has 0 radical (unpaired) electrons. The van der Waals surface area contributed by atoms with Gasteiger partial charge in [-0.15, -0.1) is 0 Å². The van der Waals surface area contributed by atoms with E-state index in [9.17, 15) is 4.57 Å². The third-order valence-corrected chi connectivity index (χ3v) is 3.91. The van der Waals surface area contributed by atoms with Gasteiger partial charge < -0.3 is 4.52 Å². The van der Waals surface area contributed by atoms with E-state index < -0.39 is 7.82 Å². The zero-order chi connectivity index (χ0) is 9.31. The van der Waals surface area contributed by atoms with Gasteiger partial charge in [-0.05, 0) is 18.6 Å². The Hall–Kier alpha value is -0.480. The van der Waals surface area contributed by atoms with Crippen molar-refractivity contribution in [2.45, 2.75) is 6.92 Å². The van der Waals surface area contributed by atoms with Crippen LogP contribution < -0.4 is 4.52 Å². The third kappa shape index (κ3) is 1.89. The molecule has 0 bridgehead atoms. The lowest BCUT2D eigenvalue weighted by atomic mass is 10.2. The average Bonchev–Trinajstić information content (AvgIpc) is 2.06. The van der Waals surface area contributed by atoms with Crippen molar-refractivity contribution in [3.05, 3.63) is 29.8 Å². The molecule has 1 aromatic carbocycles. The second-order valence-electron chi connectivity index (χ2n) is 2.52. The average molecular weight is 218 g/mol. The van der Waals surface area contributed by atoms with Crippen LogP contribution >= 0.6 is 20.1 Å². The Balaban J connectivity index is 2.18. The number of hydrogen-bond acceptors (Lipinski definition) is 5. The summed E-state index contributed by atoms with van der Waals surface area (Å²) in [5.41, 5.74) is 0.891. The topological polar surface area (TPSA) is 44.8 Å². The molecule has 1 aromatic rings. The van der Waals surface area contributed by atoms with Crippen LogP contribution in [0.2, 0.25) is 0 Å². The van der Waals surface area contributed by atoms with E-state index in [4.69, 9.17) is 4.52 Å². The first-order chi connectivity index (χ1) is 6.20. The molecule has 1 aliphatic rings. The maximum absolute atomic E-state index is 11.3. The highest BCUT2D eigenvalue weighted by Gasteiger charge is 2.41. The Morgan fingerprint density at radius 3 is 2.62 bits per heavy atom. The molecular formula is C7H7O4PS. The second kappa shape index (κ2) is 3.35. The fourth-order valence-electron chi connectivity index (χ4n) is 0.890. The van der Waals surface area contributed by atoms with Crippen molar-refractivity contribution in [3.8, 4) is 5.75 Å². The molecule has 2 rings (SSSR count). The van der Waals surface area contributed by atoms with E-state index in [0.717, 1.165) is 5.56 Å². The largest absolute Gasteiger partial charge is 0.556 e. The van der Waals surface area contributed by atoms with E-state index in [0.29, 0.717) is 18.1 Å². The first kappa shape index (κ1) is 9.09. The summed E-state index contributed by atoms with van der Waals surface area (Å²) >= 11 is 0.681. The summed E-state index contributed by atoms with van der Waals surface area (Å²) in [5, 5.41) is 0. The summed E-state index contributed by atoms with van der Waals surface area (Å²) in [6.45, 7) is 1.86. The van der Waals surface area contributed by atoms with Gasteiger partial charge in [0, 0.05) is 0 Å². The van der Waals surface area contributed by atoms with Gasteiger partial charge in [-0.1, -0.05) is 18.2 Å². The molecule has 0 aliphatic carbocycles. The number of phosphoric acid groups is 1. The van der Waals surface area contributed by atoms with Gasteiger partial charge in [-0.3, -0.25) is 0 Å². The minimum absolute atomic E-state index is 0.520. The molecule has 0 unspecified atom stereocenters. The first-order valence-electron chi connectivity index (χ1n) is 3.60. The van der Waals surface area contributed by atoms with E-state index >= 15 is 0 Å². The van der Waals surface area contributed by atoms with Crippen LogP contribution in [0, 0.1) is 6.92 Å². The maximum Gasteiger partial charge on any atom is 0.556 e. The standard InChI is InChI=1S/C7H7O4PS/c1-6-4-2-3-5-7(6)9-12(8)10-13-11-12/h2-5H,1H3. The normalized spacial score (nSPS) is 19.2. The highest BCUT2D eigenvalue weighted by atomic mass is 32.2. The zero-order valence-electron chi connectivity index (χ0n) is 6.80. The van der Waals surface area contributed by atoms with Gasteiger partial charge >= 0.3 is 7.82 Å². The van der Waals surface area contributed by atoms with Crippen molar-refractivity contribution in [2.24, 2.45) is 0 Å². The van der Waals surface area contributed by atoms with Crippen molar-refractivity contribution in [1.29, 1.82) is 0 Å². The van der Waals surface area contributed by atoms with Gasteiger partial charge in [0.1, 0.15) is 5.75 Å². The van der Waals surface area contributed by atoms with Crippen molar-refractivity contribution < 1.29 is 17.0 Å². The number of benzene rings is 1. The fraction of sp³-hybridized carbons (Fsp3) is 0.143. The molecule has 13 heavy (non-hydrogen) atoms. The Morgan fingerprint density at radius 1 is 1.38 bits per heavy atom. The Labute approximate surface area is 80.2 Å². The number of para-hydroxylation sites is 1.